The highest BCUT2D eigenvalue weighted by molar-refractivity contribution is 6.24. The first-order valence-electron chi connectivity index (χ1n) is 20.4. The van der Waals surface area contributed by atoms with Gasteiger partial charge in [0.25, 0.3) is 0 Å². The van der Waals surface area contributed by atoms with Crippen molar-refractivity contribution >= 4 is 54.0 Å². The van der Waals surface area contributed by atoms with Crippen LogP contribution in [0.3, 0.4) is 0 Å². The Hall–Kier alpha value is -5.86. The molecule has 0 aliphatic carbocycles. The third-order valence-electron chi connectivity index (χ3n) is 8.07. The maximum absolute atomic E-state index is 9.33. The summed E-state index contributed by atoms with van der Waals surface area (Å²) in [6, 6.07) is 12.3. The normalized spacial score (nSPS) is 15.8. The van der Waals surface area contributed by atoms with Crippen LogP contribution >= 0.6 is 0 Å². The van der Waals surface area contributed by atoms with E-state index in [1.54, 1.807) is 24.5 Å². The number of hydrogen-bond donors (Lipinski definition) is 0. The molecule has 9 rings (SSSR count). The van der Waals surface area contributed by atoms with Gasteiger partial charge in [-0.05, 0) is 72.1 Å². The molecule has 9 aromatic rings. The first-order valence-corrected chi connectivity index (χ1v) is 13.9. The Kier molecular flexibility index (Phi) is 3.37. The van der Waals surface area contributed by atoms with Gasteiger partial charge in [-0.1, -0.05) is 133 Å². The molecule has 0 bridgehead atoms. The van der Waals surface area contributed by atoms with Crippen molar-refractivity contribution in [2.24, 2.45) is 0 Å². The third kappa shape index (κ3) is 3.75. The molecule has 0 radical (unpaired) electrons. The zero-order valence-electron chi connectivity index (χ0n) is 35.9. The van der Waals surface area contributed by atoms with Crippen LogP contribution in [0.1, 0.15) is 17.8 Å². The molecule has 0 aliphatic rings. The van der Waals surface area contributed by atoms with Gasteiger partial charge in [-0.3, -0.25) is 4.98 Å². The zero-order valence-corrected chi connectivity index (χ0v) is 22.9. The molecule has 2 nitrogen and oxygen atoms in total. The van der Waals surface area contributed by atoms with Gasteiger partial charge in [-0.25, -0.2) is 4.98 Å². The second-order valence-electron chi connectivity index (χ2n) is 10.4. The van der Waals surface area contributed by atoms with E-state index >= 15 is 0 Å². The molecule has 0 N–H and O–H groups in total. The van der Waals surface area contributed by atoms with Crippen molar-refractivity contribution in [2.75, 3.05) is 0 Å². The van der Waals surface area contributed by atoms with Crippen LogP contribution in [0.15, 0.2) is 158 Å². The molecule has 44 heavy (non-hydrogen) atoms. The average Bonchev–Trinajstić information content (AvgIpc) is 3.23. The van der Waals surface area contributed by atoms with Gasteiger partial charge in [0, 0.05) is 28.7 Å². The van der Waals surface area contributed by atoms with Gasteiger partial charge < -0.3 is 0 Å². The number of benzene rings is 7. The summed E-state index contributed by atoms with van der Waals surface area (Å²) in [5.41, 5.74) is 1.79. The van der Waals surface area contributed by atoms with E-state index in [1.807, 2.05) is 54.6 Å². The van der Waals surface area contributed by atoms with Crippen molar-refractivity contribution in [2.45, 2.75) is 0 Å². The van der Waals surface area contributed by atoms with Crippen molar-refractivity contribution in [3.8, 4) is 33.5 Å². The fourth-order valence-corrected chi connectivity index (χ4v) is 6.16. The standard InChI is InChI=1S/C42H26N2/c1-2-10-28(11-3-1)40-33-14-6-8-16-35(33)41(36-17-9-7-15-34(36)40)37-22-21-32(30-12-4-5-13-31(30)37)39-23-20-29-19-18-27-24-25-43-26-38(27)42(29)44-39/h1-26H/i1D,2D,3D,6D,7D,8D,9D,10D,11D,14D,15D,16D,17D. The van der Waals surface area contributed by atoms with Gasteiger partial charge in [-0.15, -0.1) is 0 Å². The van der Waals surface area contributed by atoms with E-state index in [4.69, 9.17) is 17.3 Å². The minimum atomic E-state index is -0.716. The Morgan fingerprint density at radius 1 is 0.455 bits per heavy atom. The highest BCUT2D eigenvalue weighted by atomic mass is 14.7. The van der Waals surface area contributed by atoms with E-state index in [-0.39, 0.29) is 32.7 Å². The topological polar surface area (TPSA) is 25.8 Å². The van der Waals surface area contributed by atoms with Crippen LogP contribution in [0.4, 0.5) is 0 Å². The van der Waals surface area contributed by atoms with Crippen LogP contribution in [0.25, 0.3) is 87.5 Å². The highest BCUT2D eigenvalue weighted by Crippen LogP contribution is 2.46. The lowest BCUT2D eigenvalue weighted by Crippen LogP contribution is -1.93. The molecule has 204 valence electrons. The minimum absolute atomic E-state index is 0.0707. The Bertz CT molecular complexity index is 3180. The maximum atomic E-state index is 9.33. The lowest BCUT2D eigenvalue weighted by atomic mass is 9.84. The van der Waals surface area contributed by atoms with Gasteiger partial charge in [0.05, 0.1) is 29.0 Å². The Morgan fingerprint density at radius 3 is 1.77 bits per heavy atom. The third-order valence-corrected chi connectivity index (χ3v) is 8.07. The molecule has 0 saturated carbocycles. The number of fused-ring (bicyclic) bond motifs is 6. The molecule has 0 unspecified atom stereocenters. The van der Waals surface area contributed by atoms with Crippen molar-refractivity contribution in [1.82, 2.24) is 9.97 Å². The summed E-state index contributed by atoms with van der Waals surface area (Å²) in [5, 5.41) is 3.25. The number of hydrogen-bond acceptors (Lipinski definition) is 2. The van der Waals surface area contributed by atoms with E-state index in [0.717, 1.165) is 27.2 Å². The van der Waals surface area contributed by atoms with Crippen LogP contribution in [0.5, 0.6) is 0 Å². The summed E-state index contributed by atoms with van der Waals surface area (Å²) < 4.78 is 115. The van der Waals surface area contributed by atoms with Gasteiger partial charge in [0.1, 0.15) is 0 Å². The van der Waals surface area contributed by atoms with Crippen LogP contribution in [-0.2, 0) is 0 Å². The molecule has 2 aromatic heterocycles. The first kappa shape index (κ1) is 15.0. The van der Waals surface area contributed by atoms with Gasteiger partial charge in [0.2, 0.25) is 0 Å². The van der Waals surface area contributed by atoms with Gasteiger partial charge in [0.15, 0.2) is 0 Å². The van der Waals surface area contributed by atoms with Crippen molar-refractivity contribution in [3.05, 3.63) is 158 Å². The fraction of sp³-hybridized carbons (Fsp3) is 0. The lowest BCUT2D eigenvalue weighted by Gasteiger charge is -2.19. The van der Waals surface area contributed by atoms with E-state index < -0.39 is 84.1 Å². The molecule has 0 fully saturated rings. The Labute approximate surface area is 273 Å². The molecular weight excluding hydrogens is 532 g/mol. The van der Waals surface area contributed by atoms with Crippen molar-refractivity contribution in [3.63, 3.8) is 0 Å². The molecule has 2 heteroatoms. The van der Waals surface area contributed by atoms with E-state index in [2.05, 4.69) is 4.98 Å². The molecule has 0 amide bonds. The minimum Gasteiger partial charge on any atom is -0.264 e. The summed E-state index contributed by atoms with van der Waals surface area (Å²) in [6.07, 6.45) is 3.49. The fourth-order valence-electron chi connectivity index (χ4n) is 6.16. The molecule has 7 aromatic carbocycles. The predicted molar refractivity (Wildman–Crippen MR) is 186 cm³/mol. The molecule has 2 heterocycles. The van der Waals surface area contributed by atoms with Crippen LogP contribution in [-0.4, -0.2) is 9.97 Å². The van der Waals surface area contributed by atoms with Crippen LogP contribution in [0, 0.1) is 0 Å². The zero-order chi connectivity index (χ0) is 40.3. The average molecular weight is 572 g/mol. The monoisotopic (exact) mass is 571 g/mol. The smallest absolute Gasteiger partial charge is 0.0803 e. The number of pyridine rings is 2. The highest BCUT2D eigenvalue weighted by Gasteiger charge is 2.19. The second kappa shape index (κ2) is 9.86. The van der Waals surface area contributed by atoms with Gasteiger partial charge in [-0.2, -0.15) is 0 Å². The molecule has 0 spiro atoms. The number of aromatic nitrogens is 2. The largest absolute Gasteiger partial charge is 0.264 e. The quantitative estimate of drug-likeness (QED) is 0.156. The maximum Gasteiger partial charge on any atom is 0.0803 e. The van der Waals surface area contributed by atoms with Crippen LogP contribution in [0.2, 0.25) is 0 Å². The van der Waals surface area contributed by atoms with E-state index in [1.165, 1.54) is 0 Å². The molecule has 0 saturated heterocycles. The summed E-state index contributed by atoms with van der Waals surface area (Å²) in [7, 11) is 0. The molecule has 0 aliphatic heterocycles. The second-order valence-corrected chi connectivity index (χ2v) is 10.4. The van der Waals surface area contributed by atoms with E-state index in [9.17, 15) is 5.48 Å². The lowest BCUT2D eigenvalue weighted by molar-refractivity contribution is 1.36. The number of rotatable bonds is 3. The van der Waals surface area contributed by atoms with Crippen LogP contribution < -0.4 is 0 Å². The summed E-state index contributed by atoms with van der Waals surface area (Å²) >= 11 is 0. The summed E-state index contributed by atoms with van der Waals surface area (Å²) in [6.45, 7) is 0. The van der Waals surface area contributed by atoms with Crippen molar-refractivity contribution < 1.29 is 17.8 Å². The van der Waals surface area contributed by atoms with E-state index in [0.29, 0.717) is 22.0 Å². The Morgan fingerprint density at radius 2 is 1.05 bits per heavy atom. The molecular formula is C42H26N2. The summed E-state index contributed by atoms with van der Waals surface area (Å²) in [5.74, 6) is 0. The predicted octanol–water partition coefficient (Wildman–Crippen LogP) is 11.2. The SMILES string of the molecule is [2H]c1c([2H])c([2H])c(-c2c3c([2H])c([2H])c([2H])c([2H])c3c(-c3ccc(-c4ccc5ccc6ccncc6c5n4)c4ccccc34)c3c([2H])c([2H])c([2H])c([2H])c23)c([2H])c1[2H]. The first-order chi connectivity index (χ1) is 27.2. The Balaban J connectivity index is 1.49. The van der Waals surface area contributed by atoms with Gasteiger partial charge >= 0.3 is 0 Å². The number of nitrogens with zero attached hydrogens (tertiary/aromatic N) is 2. The summed E-state index contributed by atoms with van der Waals surface area (Å²) in [4.78, 5) is 9.39. The van der Waals surface area contributed by atoms with Crippen molar-refractivity contribution in [1.29, 1.82) is 0 Å². The molecule has 0 atom stereocenters.